The van der Waals surface area contributed by atoms with Gasteiger partial charge in [0.2, 0.25) is 5.91 Å². The van der Waals surface area contributed by atoms with Gasteiger partial charge in [-0.2, -0.15) is 0 Å². The van der Waals surface area contributed by atoms with Crippen LogP contribution in [0.5, 0.6) is 0 Å². The van der Waals surface area contributed by atoms with Crippen molar-refractivity contribution in [3.63, 3.8) is 0 Å². The number of nitrogens with one attached hydrogen (secondary N) is 1. The van der Waals surface area contributed by atoms with Gasteiger partial charge in [-0.25, -0.2) is 0 Å². The van der Waals surface area contributed by atoms with Crippen LogP contribution in [0.3, 0.4) is 0 Å². The molecule has 1 fully saturated rings. The molecule has 0 aromatic rings. The minimum Gasteiger partial charge on any atom is -0.351 e. The third-order valence-electron chi connectivity index (χ3n) is 1.40. The lowest BCUT2D eigenvalue weighted by Crippen LogP contribution is -2.28. The van der Waals surface area contributed by atoms with Crippen molar-refractivity contribution in [1.29, 1.82) is 0 Å². The zero-order valence-electron chi connectivity index (χ0n) is 5.30. The van der Waals surface area contributed by atoms with Crippen LogP contribution in [-0.4, -0.2) is 18.6 Å². The van der Waals surface area contributed by atoms with Crippen molar-refractivity contribution < 1.29 is 8.98 Å². The van der Waals surface area contributed by atoms with Crippen molar-refractivity contribution in [2.45, 2.75) is 18.9 Å². The third kappa shape index (κ3) is 2.63. The van der Waals surface area contributed by atoms with E-state index in [2.05, 4.69) is 26.5 Å². The van der Waals surface area contributed by atoms with Crippen LogP contribution in [0.4, 0.5) is 0 Å². The zero-order chi connectivity index (χ0) is 7.40. The second-order valence-corrected chi connectivity index (χ2v) is 3.59. The maximum absolute atomic E-state index is 10.6. The van der Waals surface area contributed by atoms with Crippen LogP contribution >= 0.6 is 30.4 Å². The molecule has 0 unspecified atom stereocenters. The molecule has 10 heavy (non-hydrogen) atoms. The van der Waals surface area contributed by atoms with Gasteiger partial charge in [0.1, 0.15) is 0 Å². The quantitative estimate of drug-likeness (QED) is 0.622. The molecular weight excluding hydrogens is 265 g/mol. The average Bonchev–Trinajstić information content (AvgIpc) is 2.31. The highest BCUT2D eigenvalue weighted by molar-refractivity contribution is 14.2. The smallest absolute Gasteiger partial charge is 0.220 e. The zero-order valence-corrected chi connectivity index (χ0v) is 8.28. The first-order valence-corrected chi connectivity index (χ1v) is 6.31. The predicted octanol–water partition coefficient (Wildman–Crippen LogP) is 1.28. The molecule has 0 saturated carbocycles. The van der Waals surface area contributed by atoms with E-state index in [0.717, 1.165) is 6.42 Å². The molecule has 1 heterocycles. The summed E-state index contributed by atoms with van der Waals surface area (Å²) in [6.45, 7) is 0.624. The minimum absolute atomic E-state index is 0.145. The molecular formula is C5H8INO2S. The van der Waals surface area contributed by atoms with E-state index in [1.165, 1.54) is 9.21 Å². The summed E-state index contributed by atoms with van der Waals surface area (Å²) in [6, 6.07) is 0.245. The number of halogens is 1. The SMILES string of the molecule is O=C1CC[C@H](COSI)N1. The summed E-state index contributed by atoms with van der Waals surface area (Å²) in [4.78, 5) is 10.6. The molecule has 1 aliphatic heterocycles. The molecule has 1 aliphatic rings. The predicted molar refractivity (Wildman–Crippen MR) is 48.7 cm³/mol. The number of carbonyl (C=O) groups is 1. The number of amides is 1. The lowest BCUT2D eigenvalue weighted by atomic mass is 10.2. The summed E-state index contributed by atoms with van der Waals surface area (Å²) in [5, 5.41) is 2.81. The third-order valence-corrected chi connectivity index (χ3v) is 2.39. The van der Waals surface area contributed by atoms with Crippen LogP contribution in [0.15, 0.2) is 0 Å². The van der Waals surface area contributed by atoms with E-state index in [4.69, 9.17) is 4.18 Å². The van der Waals surface area contributed by atoms with Gasteiger partial charge in [-0.05, 0) is 6.42 Å². The maximum Gasteiger partial charge on any atom is 0.220 e. The van der Waals surface area contributed by atoms with Crippen LogP contribution in [0.2, 0.25) is 0 Å². The Hall–Kier alpha value is 0.510. The highest BCUT2D eigenvalue weighted by Gasteiger charge is 2.20. The maximum atomic E-state index is 10.6. The number of rotatable bonds is 3. The Kier molecular flexibility index (Phi) is 3.79. The van der Waals surface area contributed by atoms with Crippen molar-refractivity contribution in [2.75, 3.05) is 6.61 Å². The van der Waals surface area contributed by atoms with Gasteiger partial charge in [-0.3, -0.25) is 4.79 Å². The molecule has 1 atom stereocenters. The summed E-state index contributed by atoms with van der Waals surface area (Å²) in [7, 11) is 1.31. The van der Waals surface area contributed by atoms with Gasteiger partial charge in [0.05, 0.1) is 21.9 Å². The Bertz CT molecular complexity index is 133. The van der Waals surface area contributed by atoms with Crippen molar-refractivity contribution in [2.24, 2.45) is 0 Å². The Morgan fingerprint density at radius 2 is 2.70 bits per heavy atom. The molecule has 1 saturated heterocycles. The van der Waals surface area contributed by atoms with E-state index in [1.54, 1.807) is 0 Å². The molecule has 0 aromatic heterocycles. The molecule has 58 valence electrons. The van der Waals surface area contributed by atoms with Crippen LogP contribution in [0.1, 0.15) is 12.8 Å². The van der Waals surface area contributed by atoms with Gasteiger partial charge >= 0.3 is 0 Å². The molecule has 3 nitrogen and oxygen atoms in total. The van der Waals surface area contributed by atoms with E-state index in [1.807, 2.05) is 0 Å². The molecule has 1 N–H and O–H groups in total. The van der Waals surface area contributed by atoms with Crippen LogP contribution < -0.4 is 5.32 Å². The summed E-state index contributed by atoms with van der Waals surface area (Å²) in [5.74, 6) is 0.145. The Morgan fingerprint density at radius 1 is 1.90 bits per heavy atom. The molecule has 5 heteroatoms. The first-order valence-electron chi connectivity index (χ1n) is 3.02. The fraction of sp³-hybridized carbons (Fsp3) is 0.800. The molecule has 1 rings (SSSR count). The van der Waals surface area contributed by atoms with E-state index in [0.29, 0.717) is 13.0 Å². The van der Waals surface area contributed by atoms with Crippen LogP contribution in [0.25, 0.3) is 0 Å². The first-order chi connectivity index (χ1) is 4.83. The number of carbonyl (C=O) groups excluding carboxylic acids is 1. The Labute approximate surface area is 76.1 Å². The van der Waals surface area contributed by atoms with Crippen molar-refractivity contribution in [3.05, 3.63) is 0 Å². The van der Waals surface area contributed by atoms with Crippen molar-refractivity contribution >= 4 is 36.3 Å². The largest absolute Gasteiger partial charge is 0.351 e. The average molecular weight is 273 g/mol. The fourth-order valence-corrected chi connectivity index (χ4v) is 1.57. The lowest BCUT2D eigenvalue weighted by molar-refractivity contribution is -0.119. The van der Waals surface area contributed by atoms with Gasteiger partial charge in [-0.15, -0.1) is 0 Å². The second kappa shape index (κ2) is 4.40. The first kappa shape index (κ1) is 8.61. The van der Waals surface area contributed by atoms with Crippen LogP contribution in [0, 0.1) is 0 Å². The molecule has 0 aliphatic carbocycles. The fourth-order valence-electron chi connectivity index (χ4n) is 0.910. The van der Waals surface area contributed by atoms with E-state index < -0.39 is 0 Å². The van der Waals surface area contributed by atoms with E-state index in [-0.39, 0.29) is 11.9 Å². The monoisotopic (exact) mass is 273 g/mol. The normalized spacial score (nSPS) is 24.9. The van der Waals surface area contributed by atoms with Gasteiger partial charge in [-0.1, -0.05) is 0 Å². The summed E-state index contributed by atoms with van der Waals surface area (Å²) in [6.07, 6.45) is 1.57. The highest BCUT2D eigenvalue weighted by Crippen LogP contribution is 2.15. The summed E-state index contributed by atoms with van der Waals surface area (Å²) in [5.41, 5.74) is 0. The second-order valence-electron chi connectivity index (χ2n) is 2.15. The summed E-state index contributed by atoms with van der Waals surface area (Å²) >= 11 is 2.06. The molecule has 0 radical (unpaired) electrons. The van der Waals surface area contributed by atoms with Crippen molar-refractivity contribution in [1.82, 2.24) is 5.32 Å². The standard InChI is InChI=1S/C5H8INO2S/c6-10-9-3-4-1-2-5(8)7-4/h4H,1-3H2,(H,7,8)/t4-/m1/s1. The van der Waals surface area contributed by atoms with Gasteiger partial charge in [0.15, 0.2) is 0 Å². The minimum atomic E-state index is 0.145. The van der Waals surface area contributed by atoms with E-state index >= 15 is 0 Å². The topological polar surface area (TPSA) is 38.3 Å². The van der Waals surface area contributed by atoms with E-state index in [9.17, 15) is 4.79 Å². The lowest BCUT2D eigenvalue weighted by Gasteiger charge is -2.06. The molecule has 0 aromatic carbocycles. The molecule has 0 bridgehead atoms. The molecule has 0 spiro atoms. The van der Waals surface area contributed by atoms with Gasteiger partial charge in [0, 0.05) is 27.6 Å². The molecule has 1 amide bonds. The van der Waals surface area contributed by atoms with Gasteiger partial charge < -0.3 is 9.50 Å². The van der Waals surface area contributed by atoms with Crippen molar-refractivity contribution in [3.8, 4) is 0 Å². The van der Waals surface area contributed by atoms with Gasteiger partial charge in [0.25, 0.3) is 0 Å². The number of hydrogen-bond acceptors (Lipinski definition) is 3. The number of hydrogen-bond donors (Lipinski definition) is 1. The highest BCUT2D eigenvalue weighted by atomic mass is 127. The van der Waals surface area contributed by atoms with Crippen LogP contribution in [-0.2, 0) is 8.98 Å². The Morgan fingerprint density at radius 3 is 3.20 bits per heavy atom. The summed E-state index contributed by atoms with van der Waals surface area (Å²) < 4.78 is 5.05. The Balaban J connectivity index is 2.12.